The normalized spacial score (nSPS) is 12.5. The maximum Gasteiger partial charge on any atom is 0.255 e. The largest absolute Gasteiger partial charge is 0.369 e. The maximum atomic E-state index is 11.5. The van der Waals surface area contributed by atoms with Crippen molar-refractivity contribution in [1.29, 1.82) is 0 Å². The van der Waals surface area contributed by atoms with Gasteiger partial charge in [0.1, 0.15) is 11.9 Å². The number of amides is 1. The van der Waals surface area contributed by atoms with Crippen molar-refractivity contribution in [3.63, 3.8) is 0 Å². The SMILES string of the molecule is CCOC(C)C(=O)Nc1nc(C)nn1C. The lowest BCUT2D eigenvalue weighted by Crippen LogP contribution is -2.28. The van der Waals surface area contributed by atoms with Crippen LogP contribution in [-0.4, -0.2) is 33.4 Å². The smallest absolute Gasteiger partial charge is 0.255 e. The van der Waals surface area contributed by atoms with Gasteiger partial charge >= 0.3 is 0 Å². The predicted molar refractivity (Wildman–Crippen MR) is 55.5 cm³/mol. The Hall–Kier alpha value is -1.43. The zero-order valence-corrected chi connectivity index (χ0v) is 9.44. The average Bonchev–Trinajstić information content (AvgIpc) is 2.45. The van der Waals surface area contributed by atoms with Crippen molar-refractivity contribution < 1.29 is 9.53 Å². The first-order valence-electron chi connectivity index (χ1n) is 4.84. The van der Waals surface area contributed by atoms with Gasteiger partial charge in [-0.3, -0.25) is 10.1 Å². The topological polar surface area (TPSA) is 69.0 Å². The van der Waals surface area contributed by atoms with Crippen LogP contribution in [0, 0.1) is 6.92 Å². The number of aryl methyl sites for hydroxylation is 2. The molecule has 0 bridgehead atoms. The van der Waals surface area contributed by atoms with Crippen molar-refractivity contribution in [2.24, 2.45) is 7.05 Å². The van der Waals surface area contributed by atoms with E-state index in [4.69, 9.17) is 4.74 Å². The summed E-state index contributed by atoms with van der Waals surface area (Å²) in [4.78, 5) is 15.6. The molecule has 6 nitrogen and oxygen atoms in total. The number of carbonyl (C=O) groups excluding carboxylic acids is 1. The summed E-state index contributed by atoms with van der Waals surface area (Å²) < 4.78 is 6.67. The fourth-order valence-corrected chi connectivity index (χ4v) is 1.16. The van der Waals surface area contributed by atoms with E-state index in [-0.39, 0.29) is 5.91 Å². The van der Waals surface area contributed by atoms with E-state index in [1.54, 1.807) is 20.9 Å². The molecule has 1 N–H and O–H groups in total. The van der Waals surface area contributed by atoms with E-state index in [1.165, 1.54) is 4.68 Å². The van der Waals surface area contributed by atoms with Crippen LogP contribution in [0.25, 0.3) is 0 Å². The third-order valence-corrected chi connectivity index (χ3v) is 1.89. The van der Waals surface area contributed by atoms with Crippen molar-refractivity contribution >= 4 is 11.9 Å². The molecule has 1 aromatic heterocycles. The first-order chi connectivity index (χ1) is 7.04. The summed E-state index contributed by atoms with van der Waals surface area (Å²) in [6.45, 7) is 5.81. The second-order valence-corrected chi connectivity index (χ2v) is 3.19. The van der Waals surface area contributed by atoms with Crippen LogP contribution >= 0.6 is 0 Å². The number of aromatic nitrogens is 3. The number of nitrogens with zero attached hydrogens (tertiary/aromatic N) is 3. The van der Waals surface area contributed by atoms with Gasteiger partial charge in [-0.1, -0.05) is 0 Å². The fourth-order valence-electron chi connectivity index (χ4n) is 1.16. The molecule has 15 heavy (non-hydrogen) atoms. The number of hydrogen-bond donors (Lipinski definition) is 1. The molecule has 6 heteroatoms. The summed E-state index contributed by atoms with van der Waals surface area (Å²) >= 11 is 0. The third-order valence-electron chi connectivity index (χ3n) is 1.89. The molecule has 84 valence electrons. The minimum Gasteiger partial charge on any atom is -0.369 e. The van der Waals surface area contributed by atoms with Crippen LogP contribution in [0.5, 0.6) is 0 Å². The minimum absolute atomic E-state index is 0.215. The van der Waals surface area contributed by atoms with Gasteiger partial charge < -0.3 is 4.74 Å². The van der Waals surface area contributed by atoms with Crippen LogP contribution in [0.4, 0.5) is 5.95 Å². The van der Waals surface area contributed by atoms with Gasteiger partial charge in [-0.05, 0) is 20.8 Å². The van der Waals surface area contributed by atoms with Crippen LogP contribution in [0.15, 0.2) is 0 Å². The van der Waals surface area contributed by atoms with Gasteiger partial charge in [-0.25, -0.2) is 4.68 Å². The number of rotatable bonds is 4. The number of anilines is 1. The Bertz CT molecular complexity index is 348. The Labute approximate surface area is 88.6 Å². The molecule has 1 amide bonds. The fraction of sp³-hybridized carbons (Fsp3) is 0.667. The lowest BCUT2D eigenvalue weighted by Gasteiger charge is -2.10. The van der Waals surface area contributed by atoms with Gasteiger partial charge in [0, 0.05) is 13.7 Å². The van der Waals surface area contributed by atoms with Crippen molar-refractivity contribution in [3.8, 4) is 0 Å². The molecule has 1 rings (SSSR count). The molecule has 0 aliphatic rings. The molecule has 0 saturated heterocycles. The summed E-state index contributed by atoms with van der Waals surface area (Å²) in [6, 6.07) is 0. The van der Waals surface area contributed by atoms with Crippen molar-refractivity contribution in [3.05, 3.63) is 5.82 Å². The first-order valence-corrected chi connectivity index (χ1v) is 4.84. The van der Waals surface area contributed by atoms with Gasteiger partial charge in [0.05, 0.1) is 0 Å². The molecule has 0 radical (unpaired) electrons. The van der Waals surface area contributed by atoms with E-state index >= 15 is 0 Å². The van der Waals surface area contributed by atoms with Crippen molar-refractivity contribution in [2.75, 3.05) is 11.9 Å². The molecule has 1 heterocycles. The highest BCUT2D eigenvalue weighted by molar-refractivity contribution is 5.92. The maximum absolute atomic E-state index is 11.5. The molecular formula is C9H16N4O2. The van der Waals surface area contributed by atoms with Crippen molar-refractivity contribution in [1.82, 2.24) is 14.8 Å². The predicted octanol–water partition coefficient (Wildman–Crippen LogP) is 0.487. The summed E-state index contributed by atoms with van der Waals surface area (Å²) in [7, 11) is 1.72. The van der Waals surface area contributed by atoms with E-state index in [0.29, 0.717) is 18.4 Å². The molecule has 0 spiro atoms. The number of carbonyl (C=O) groups is 1. The highest BCUT2D eigenvalue weighted by atomic mass is 16.5. The summed E-state index contributed by atoms with van der Waals surface area (Å²) in [6.07, 6.45) is -0.480. The second kappa shape index (κ2) is 4.88. The zero-order chi connectivity index (χ0) is 11.4. The Morgan fingerprint density at radius 1 is 1.67 bits per heavy atom. The Morgan fingerprint density at radius 2 is 2.33 bits per heavy atom. The number of hydrogen-bond acceptors (Lipinski definition) is 4. The van der Waals surface area contributed by atoms with Crippen LogP contribution in [-0.2, 0) is 16.6 Å². The molecule has 1 aromatic rings. The quantitative estimate of drug-likeness (QED) is 0.788. The van der Waals surface area contributed by atoms with E-state index in [2.05, 4.69) is 15.4 Å². The van der Waals surface area contributed by atoms with Crippen LogP contribution < -0.4 is 5.32 Å². The standard InChI is InChI=1S/C9H16N4O2/c1-5-15-6(2)8(14)11-9-10-7(3)12-13(9)4/h6H,5H2,1-4H3,(H,10,11,12,14). The van der Waals surface area contributed by atoms with Crippen LogP contribution in [0.1, 0.15) is 19.7 Å². The molecule has 1 atom stereocenters. The second-order valence-electron chi connectivity index (χ2n) is 3.19. The summed E-state index contributed by atoms with van der Waals surface area (Å²) in [5.41, 5.74) is 0. The van der Waals surface area contributed by atoms with E-state index in [1.807, 2.05) is 6.92 Å². The molecule has 0 aliphatic heterocycles. The van der Waals surface area contributed by atoms with Gasteiger partial charge in [0.2, 0.25) is 5.95 Å². The molecule has 0 aromatic carbocycles. The summed E-state index contributed by atoms with van der Waals surface area (Å²) in [5.74, 6) is 0.841. The van der Waals surface area contributed by atoms with Crippen molar-refractivity contribution in [2.45, 2.75) is 26.9 Å². The van der Waals surface area contributed by atoms with Gasteiger partial charge in [0.25, 0.3) is 5.91 Å². The zero-order valence-electron chi connectivity index (χ0n) is 9.44. The number of nitrogens with one attached hydrogen (secondary N) is 1. The summed E-state index contributed by atoms with van der Waals surface area (Å²) in [5, 5.41) is 6.66. The van der Waals surface area contributed by atoms with E-state index in [9.17, 15) is 4.79 Å². The molecule has 1 unspecified atom stereocenters. The van der Waals surface area contributed by atoms with Gasteiger partial charge in [-0.15, -0.1) is 0 Å². The Balaban J connectivity index is 2.62. The molecule has 0 aliphatic carbocycles. The Kier molecular flexibility index (Phi) is 3.79. The molecular weight excluding hydrogens is 196 g/mol. The lowest BCUT2D eigenvalue weighted by molar-refractivity contribution is -0.126. The minimum atomic E-state index is -0.480. The van der Waals surface area contributed by atoms with Gasteiger partial charge in [0.15, 0.2) is 0 Å². The molecule has 0 saturated carbocycles. The van der Waals surface area contributed by atoms with E-state index < -0.39 is 6.10 Å². The lowest BCUT2D eigenvalue weighted by atomic mass is 10.4. The monoisotopic (exact) mass is 212 g/mol. The Morgan fingerprint density at radius 3 is 2.80 bits per heavy atom. The van der Waals surface area contributed by atoms with Crippen LogP contribution in [0.2, 0.25) is 0 Å². The van der Waals surface area contributed by atoms with Gasteiger partial charge in [-0.2, -0.15) is 10.1 Å². The third kappa shape index (κ3) is 3.02. The number of ether oxygens (including phenoxy) is 1. The highest BCUT2D eigenvalue weighted by Crippen LogP contribution is 2.03. The van der Waals surface area contributed by atoms with Crippen LogP contribution in [0.3, 0.4) is 0 Å². The molecule has 0 fully saturated rings. The average molecular weight is 212 g/mol. The first kappa shape index (κ1) is 11.6. The van der Waals surface area contributed by atoms with E-state index in [0.717, 1.165) is 0 Å². The highest BCUT2D eigenvalue weighted by Gasteiger charge is 2.15.